The molecule has 3 rings (SSSR count). The molecule has 1 N–H and O–H groups in total. The Morgan fingerprint density at radius 1 is 0.867 bits per heavy atom. The highest BCUT2D eigenvalue weighted by atomic mass is 35.5. The minimum absolute atomic E-state index is 0.240. The van der Waals surface area contributed by atoms with Crippen molar-refractivity contribution in [3.8, 4) is 11.5 Å². The van der Waals surface area contributed by atoms with E-state index in [0.29, 0.717) is 27.8 Å². The van der Waals surface area contributed by atoms with Gasteiger partial charge in [0.1, 0.15) is 11.5 Å². The highest BCUT2D eigenvalue weighted by molar-refractivity contribution is 6.32. The number of hydrogen-bond acceptors (Lipinski definition) is 4. The van der Waals surface area contributed by atoms with Crippen molar-refractivity contribution >= 4 is 29.2 Å². The van der Waals surface area contributed by atoms with Crippen molar-refractivity contribution in [3.63, 3.8) is 0 Å². The maximum Gasteiger partial charge on any atom is 0.349 e. The quantitative estimate of drug-likeness (QED) is 0.420. The van der Waals surface area contributed by atoms with E-state index in [-0.39, 0.29) is 12.5 Å². The van der Waals surface area contributed by atoms with Crippen molar-refractivity contribution in [2.24, 2.45) is 0 Å². The van der Waals surface area contributed by atoms with E-state index in [2.05, 4.69) is 5.32 Å². The summed E-state index contributed by atoms with van der Waals surface area (Å²) in [5, 5.41) is 3.50. The number of hydrogen-bond donors (Lipinski definition) is 1. The van der Waals surface area contributed by atoms with Crippen LogP contribution in [0.4, 0.5) is 5.69 Å². The van der Waals surface area contributed by atoms with Crippen LogP contribution in [0.3, 0.4) is 0 Å². The van der Waals surface area contributed by atoms with Gasteiger partial charge >= 0.3 is 5.97 Å². The fourth-order valence-electron chi connectivity index (χ4n) is 2.81. The summed E-state index contributed by atoms with van der Waals surface area (Å²) >= 11 is 6.13. The van der Waals surface area contributed by atoms with E-state index >= 15 is 0 Å². The van der Waals surface area contributed by atoms with Gasteiger partial charge in [-0.3, -0.25) is 4.79 Å². The van der Waals surface area contributed by atoms with Gasteiger partial charge in [-0.25, -0.2) is 4.79 Å². The first-order valence-electron chi connectivity index (χ1n) is 9.40. The summed E-state index contributed by atoms with van der Waals surface area (Å²) in [5.41, 5.74) is 4.04. The molecule has 1 amide bonds. The van der Waals surface area contributed by atoms with Crippen LogP contribution in [0.25, 0.3) is 0 Å². The first kappa shape index (κ1) is 21.4. The molecule has 0 atom stereocenters. The van der Waals surface area contributed by atoms with Gasteiger partial charge in [0, 0.05) is 16.3 Å². The van der Waals surface area contributed by atoms with Gasteiger partial charge < -0.3 is 14.8 Å². The van der Waals surface area contributed by atoms with Crippen molar-refractivity contribution in [2.45, 2.75) is 20.8 Å². The maximum absolute atomic E-state index is 12.3. The molecule has 0 aliphatic rings. The van der Waals surface area contributed by atoms with Gasteiger partial charge in [0.2, 0.25) is 0 Å². The SMILES string of the molecule is Cc1ccc(NC(=O)c2ccc(OC(=O)COc3cc(C)c(Cl)c(C)c3)cc2)cc1. The first-order chi connectivity index (χ1) is 14.3. The largest absolute Gasteiger partial charge is 0.482 e. The van der Waals surface area contributed by atoms with Crippen molar-refractivity contribution in [1.29, 1.82) is 0 Å². The van der Waals surface area contributed by atoms with Crippen LogP contribution >= 0.6 is 11.6 Å². The third kappa shape index (κ3) is 5.61. The second kappa shape index (κ2) is 9.46. The molecular weight excluding hydrogens is 402 g/mol. The molecule has 0 unspecified atom stereocenters. The van der Waals surface area contributed by atoms with Crippen molar-refractivity contribution in [3.05, 3.63) is 87.9 Å². The monoisotopic (exact) mass is 423 g/mol. The van der Waals surface area contributed by atoms with Crippen LogP contribution in [0, 0.1) is 20.8 Å². The summed E-state index contributed by atoms with van der Waals surface area (Å²) in [6.07, 6.45) is 0. The number of aryl methyl sites for hydroxylation is 3. The zero-order valence-electron chi connectivity index (χ0n) is 17.0. The normalized spacial score (nSPS) is 10.4. The molecule has 0 aromatic heterocycles. The number of amides is 1. The molecule has 3 aromatic rings. The number of carbonyl (C=O) groups excluding carboxylic acids is 2. The lowest BCUT2D eigenvalue weighted by Crippen LogP contribution is -2.18. The van der Waals surface area contributed by atoms with Crippen LogP contribution in [0.15, 0.2) is 60.7 Å². The summed E-state index contributed by atoms with van der Waals surface area (Å²) in [4.78, 5) is 24.4. The molecule has 0 fully saturated rings. The molecule has 5 nitrogen and oxygen atoms in total. The number of benzene rings is 3. The smallest absolute Gasteiger partial charge is 0.349 e. The summed E-state index contributed by atoms with van der Waals surface area (Å²) < 4.78 is 10.8. The molecule has 0 bridgehead atoms. The van der Waals surface area contributed by atoms with Gasteiger partial charge in [-0.2, -0.15) is 0 Å². The number of carbonyl (C=O) groups is 2. The third-order valence-electron chi connectivity index (χ3n) is 4.42. The molecule has 0 saturated carbocycles. The molecule has 0 aliphatic heterocycles. The summed E-state index contributed by atoms with van der Waals surface area (Å²) in [7, 11) is 0. The highest BCUT2D eigenvalue weighted by Gasteiger charge is 2.10. The number of anilines is 1. The Morgan fingerprint density at radius 3 is 2.07 bits per heavy atom. The molecule has 0 radical (unpaired) electrons. The van der Waals surface area contributed by atoms with E-state index in [9.17, 15) is 9.59 Å². The average molecular weight is 424 g/mol. The van der Waals surface area contributed by atoms with Crippen LogP contribution in [-0.4, -0.2) is 18.5 Å². The average Bonchev–Trinajstić information content (AvgIpc) is 2.72. The second-order valence-corrected chi connectivity index (χ2v) is 7.36. The highest BCUT2D eigenvalue weighted by Crippen LogP contribution is 2.26. The first-order valence-corrected chi connectivity index (χ1v) is 9.78. The zero-order valence-corrected chi connectivity index (χ0v) is 17.7. The molecule has 6 heteroatoms. The van der Waals surface area contributed by atoms with Crippen LogP contribution < -0.4 is 14.8 Å². The minimum Gasteiger partial charge on any atom is -0.482 e. The molecule has 3 aromatic carbocycles. The van der Waals surface area contributed by atoms with E-state index in [4.69, 9.17) is 21.1 Å². The van der Waals surface area contributed by atoms with Crippen LogP contribution in [0.5, 0.6) is 11.5 Å². The lowest BCUT2D eigenvalue weighted by atomic mass is 10.1. The standard InChI is InChI=1S/C24H22ClNO4/c1-15-4-8-19(9-5-15)26-24(28)18-6-10-20(11-7-18)30-22(27)14-29-21-12-16(2)23(25)17(3)13-21/h4-13H,14H2,1-3H3,(H,26,28). The lowest BCUT2D eigenvalue weighted by Gasteiger charge is -2.10. The second-order valence-electron chi connectivity index (χ2n) is 6.98. The van der Waals surface area contributed by atoms with Crippen molar-refractivity contribution < 1.29 is 19.1 Å². The minimum atomic E-state index is -0.544. The van der Waals surface area contributed by atoms with Crippen molar-refractivity contribution in [2.75, 3.05) is 11.9 Å². The molecular formula is C24H22ClNO4. The summed E-state index contributed by atoms with van der Waals surface area (Å²) in [5.74, 6) is 0.0964. The van der Waals surface area contributed by atoms with E-state index < -0.39 is 5.97 Å². The number of ether oxygens (including phenoxy) is 2. The van der Waals surface area contributed by atoms with E-state index in [1.165, 1.54) is 0 Å². The Kier molecular flexibility index (Phi) is 6.75. The predicted molar refractivity (Wildman–Crippen MR) is 118 cm³/mol. The summed E-state index contributed by atoms with van der Waals surface area (Å²) in [6, 6.07) is 17.4. The summed E-state index contributed by atoms with van der Waals surface area (Å²) in [6.45, 7) is 5.48. The number of nitrogens with one attached hydrogen (secondary N) is 1. The Labute approximate surface area is 180 Å². The Balaban J connectivity index is 1.54. The zero-order chi connectivity index (χ0) is 21.7. The Bertz CT molecular complexity index is 1040. The van der Waals surface area contributed by atoms with E-state index in [0.717, 1.165) is 16.7 Å². The van der Waals surface area contributed by atoms with E-state index in [1.807, 2.05) is 45.0 Å². The number of esters is 1. The maximum atomic E-state index is 12.3. The van der Waals surface area contributed by atoms with E-state index in [1.54, 1.807) is 36.4 Å². The lowest BCUT2D eigenvalue weighted by molar-refractivity contribution is -0.136. The fraction of sp³-hybridized carbons (Fsp3) is 0.167. The molecule has 154 valence electrons. The molecule has 0 spiro atoms. The van der Waals surface area contributed by atoms with Crippen LogP contribution in [0.2, 0.25) is 5.02 Å². The molecule has 0 saturated heterocycles. The van der Waals surface area contributed by atoms with Gasteiger partial charge in [0.25, 0.3) is 5.91 Å². The molecule has 0 heterocycles. The van der Waals surface area contributed by atoms with Gasteiger partial charge in [0.15, 0.2) is 6.61 Å². The number of halogens is 1. The van der Waals surface area contributed by atoms with Gasteiger partial charge in [-0.15, -0.1) is 0 Å². The molecule has 30 heavy (non-hydrogen) atoms. The number of rotatable bonds is 6. The van der Waals surface area contributed by atoms with Crippen LogP contribution in [-0.2, 0) is 4.79 Å². The third-order valence-corrected chi connectivity index (χ3v) is 5.02. The molecule has 0 aliphatic carbocycles. The Morgan fingerprint density at radius 2 is 1.47 bits per heavy atom. The van der Waals surface area contributed by atoms with Gasteiger partial charge in [-0.05, 0) is 80.4 Å². The topological polar surface area (TPSA) is 64.6 Å². The van der Waals surface area contributed by atoms with Gasteiger partial charge in [0.05, 0.1) is 0 Å². The van der Waals surface area contributed by atoms with Gasteiger partial charge in [-0.1, -0.05) is 29.3 Å². The Hall–Kier alpha value is -3.31. The van der Waals surface area contributed by atoms with Crippen molar-refractivity contribution in [1.82, 2.24) is 0 Å². The fourth-order valence-corrected chi connectivity index (χ4v) is 2.92. The van der Waals surface area contributed by atoms with Crippen LogP contribution in [0.1, 0.15) is 27.0 Å². The predicted octanol–water partition coefficient (Wildman–Crippen LogP) is 5.50.